The van der Waals surface area contributed by atoms with Gasteiger partial charge < -0.3 is 5.73 Å². The highest BCUT2D eigenvalue weighted by Gasteiger charge is 1.94. The summed E-state index contributed by atoms with van der Waals surface area (Å²) < 4.78 is 0. The molecule has 1 aromatic heterocycles. The fraction of sp³-hybridized carbons (Fsp3) is 0.417. The van der Waals surface area contributed by atoms with Crippen LogP contribution in [0.1, 0.15) is 25.5 Å². The van der Waals surface area contributed by atoms with E-state index in [9.17, 15) is 0 Å². The Bertz CT molecular complexity index is 332. The van der Waals surface area contributed by atoms with Gasteiger partial charge in [-0.25, -0.2) is 9.97 Å². The molecule has 1 unspecified atom stereocenters. The Morgan fingerprint density at radius 1 is 1.56 bits per heavy atom. The SMILES string of the molecule is CC(CCCN)N=C/C=C/c1ccncn1. The molecule has 0 saturated carbocycles. The van der Waals surface area contributed by atoms with E-state index in [0.29, 0.717) is 6.04 Å². The van der Waals surface area contributed by atoms with Crippen molar-refractivity contribution in [1.29, 1.82) is 0 Å². The lowest BCUT2D eigenvalue weighted by Gasteiger charge is -2.02. The van der Waals surface area contributed by atoms with Crippen molar-refractivity contribution in [3.63, 3.8) is 0 Å². The largest absolute Gasteiger partial charge is 0.330 e. The van der Waals surface area contributed by atoms with Gasteiger partial charge in [0.1, 0.15) is 6.33 Å². The molecule has 86 valence electrons. The van der Waals surface area contributed by atoms with Gasteiger partial charge in [-0.05, 0) is 44.5 Å². The van der Waals surface area contributed by atoms with Gasteiger partial charge in [0.25, 0.3) is 0 Å². The average molecular weight is 218 g/mol. The second-order valence-corrected chi connectivity index (χ2v) is 3.57. The van der Waals surface area contributed by atoms with Crippen molar-refractivity contribution >= 4 is 12.3 Å². The molecule has 0 radical (unpaired) electrons. The first-order valence-electron chi connectivity index (χ1n) is 5.49. The summed E-state index contributed by atoms with van der Waals surface area (Å²) in [6.07, 6.45) is 10.9. The van der Waals surface area contributed by atoms with Gasteiger partial charge in [-0.3, -0.25) is 4.99 Å². The lowest BCUT2D eigenvalue weighted by Crippen LogP contribution is -2.04. The molecule has 0 aliphatic carbocycles. The zero-order chi connectivity index (χ0) is 11.6. The predicted molar refractivity (Wildman–Crippen MR) is 67.3 cm³/mol. The van der Waals surface area contributed by atoms with Crippen LogP contribution in [0, 0.1) is 0 Å². The van der Waals surface area contributed by atoms with Crippen LogP contribution in [0.5, 0.6) is 0 Å². The minimum Gasteiger partial charge on any atom is -0.330 e. The Hall–Kier alpha value is -1.55. The molecule has 1 rings (SSSR count). The summed E-state index contributed by atoms with van der Waals surface area (Å²) in [6, 6.07) is 2.18. The maximum absolute atomic E-state index is 5.43. The van der Waals surface area contributed by atoms with E-state index in [0.717, 1.165) is 25.1 Å². The van der Waals surface area contributed by atoms with Crippen LogP contribution in [0.2, 0.25) is 0 Å². The summed E-state index contributed by atoms with van der Waals surface area (Å²) >= 11 is 0. The van der Waals surface area contributed by atoms with Gasteiger partial charge in [0, 0.05) is 18.5 Å². The van der Waals surface area contributed by atoms with Crippen LogP contribution in [0.25, 0.3) is 6.08 Å². The van der Waals surface area contributed by atoms with Gasteiger partial charge in [-0.1, -0.05) is 0 Å². The monoisotopic (exact) mass is 218 g/mol. The summed E-state index contributed by atoms with van der Waals surface area (Å²) in [7, 11) is 0. The molecule has 1 atom stereocenters. The molecule has 4 nitrogen and oxygen atoms in total. The van der Waals surface area contributed by atoms with Crippen LogP contribution in [0.4, 0.5) is 0 Å². The van der Waals surface area contributed by atoms with E-state index >= 15 is 0 Å². The average Bonchev–Trinajstić information content (AvgIpc) is 2.33. The lowest BCUT2D eigenvalue weighted by molar-refractivity contribution is 0.635. The quantitative estimate of drug-likeness (QED) is 0.739. The molecule has 4 heteroatoms. The van der Waals surface area contributed by atoms with Gasteiger partial charge in [0.2, 0.25) is 0 Å². The minimum absolute atomic E-state index is 0.332. The number of nitrogens with zero attached hydrogens (tertiary/aromatic N) is 3. The third-order valence-electron chi connectivity index (χ3n) is 2.12. The van der Waals surface area contributed by atoms with Crippen molar-refractivity contribution < 1.29 is 0 Å². The Kier molecular flexibility index (Phi) is 6.03. The van der Waals surface area contributed by atoms with Crippen LogP contribution in [0.15, 0.2) is 29.7 Å². The van der Waals surface area contributed by atoms with Crippen LogP contribution >= 0.6 is 0 Å². The van der Waals surface area contributed by atoms with Crippen molar-refractivity contribution in [2.75, 3.05) is 6.54 Å². The van der Waals surface area contributed by atoms with E-state index < -0.39 is 0 Å². The van der Waals surface area contributed by atoms with E-state index in [1.807, 2.05) is 24.4 Å². The molecule has 0 amide bonds. The first kappa shape index (κ1) is 12.5. The number of hydrogen-bond donors (Lipinski definition) is 1. The highest BCUT2D eigenvalue weighted by Crippen LogP contribution is 1.99. The number of aliphatic imine (C=N–C) groups is 1. The van der Waals surface area contributed by atoms with E-state index in [2.05, 4.69) is 21.9 Å². The molecule has 0 fully saturated rings. The minimum atomic E-state index is 0.332. The number of nitrogens with two attached hydrogens (primary N) is 1. The topological polar surface area (TPSA) is 64.2 Å². The standard InChI is InChI=1S/C12H18N4/c1-11(4-2-7-13)15-8-3-5-12-6-9-14-10-16-12/h3,5-6,8-11H,2,4,7,13H2,1H3/b5-3+,15-8?. The summed E-state index contributed by atoms with van der Waals surface area (Å²) in [4.78, 5) is 12.3. The second kappa shape index (κ2) is 7.70. The molecule has 0 spiro atoms. The summed E-state index contributed by atoms with van der Waals surface area (Å²) in [5.74, 6) is 0. The highest BCUT2D eigenvalue weighted by atomic mass is 14.8. The van der Waals surface area contributed by atoms with Gasteiger partial charge >= 0.3 is 0 Å². The fourth-order valence-electron chi connectivity index (χ4n) is 1.23. The smallest absolute Gasteiger partial charge is 0.115 e. The molecule has 0 aliphatic rings. The third kappa shape index (κ3) is 5.36. The van der Waals surface area contributed by atoms with E-state index in [-0.39, 0.29) is 0 Å². The Balaban J connectivity index is 2.33. The zero-order valence-corrected chi connectivity index (χ0v) is 9.58. The summed E-state index contributed by atoms with van der Waals surface area (Å²) in [6.45, 7) is 2.82. The van der Waals surface area contributed by atoms with E-state index in [1.165, 1.54) is 6.33 Å². The van der Waals surface area contributed by atoms with Crippen molar-refractivity contribution in [2.24, 2.45) is 10.7 Å². The third-order valence-corrected chi connectivity index (χ3v) is 2.12. The van der Waals surface area contributed by atoms with Gasteiger partial charge in [-0.2, -0.15) is 0 Å². The number of aromatic nitrogens is 2. The first-order valence-corrected chi connectivity index (χ1v) is 5.49. The maximum atomic E-state index is 5.43. The van der Waals surface area contributed by atoms with Crippen molar-refractivity contribution in [3.8, 4) is 0 Å². The predicted octanol–water partition coefficient (Wildman–Crippen LogP) is 1.69. The van der Waals surface area contributed by atoms with E-state index in [1.54, 1.807) is 6.20 Å². The van der Waals surface area contributed by atoms with Gasteiger partial charge in [0.15, 0.2) is 0 Å². The number of allylic oxidation sites excluding steroid dienone is 1. The van der Waals surface area contributed by atoms with Crippen LogP contribution in [-0.4, -0.2) is 28.8 Å². The summed E-state index contributed by atoms with van der Waals surface area (Å²) in [5.41, 5.74) is 6.31. The van der Waals surface area contributed by atoms with Gasteiger partial charge in [-0.15, -0.1) is 0 Å². The molecular weight excluding hydrogens is 200 g/mol. The van der Waals surface area contributed by atoms with Crippen molar-refractivity contribution in [2.45, 2.75) is 25.8 Å². The molecule has 0 bridgehead atoms. The maximum Gasteiger partial charge on any atom is 0.115 e. The second-order valence-electron chi connectivity index (χ2n) is 3.57. The zero-order valence-electron chi connectivity index (χ0n) is 9.58. The lowest BCUT2D eigenvalue weighted by atomic mass is 10.2. The highest BCUT2D eigenvalue weighted by molar-refractivity contribution is 5.77. The molecule has 1 heterocycles. The molecule has 0 saturated heterocycles. The summed E-state index contributed by atoms with van der Waals surface area (Å²) in [5, 5.41) is 0. The molecular formula is C12H18N4. The van der Waals surface area contributed by atoms with Crippen LogP contribution in [0.3, 0.4) is 0 Å². The van der Waals surface area contributed by atoms with Crippen molar-refractivity contribution in [3.05, 3.63) is 30.4 Å². The van der Waals surface area contributed by atoms with E-state index in [4.69, 9.17) is 5.73 Å². The molecule has 0 aliphatic heterocycles. The molecule has 1 aromatic rings. The molecule has 0 aromatic carbocycles. The first-order chi connectivity index (χ1) is 7.83. The number of rotatable bonds is 6. The Morgan fingerprint density at radius 2 is 2.44 bits per heavy atom. The fourth-order valence-corrected chi connectivity index (χ4v) is 1.23. The Morgan fingerprint density at radius 3 is 3.12 bits per heavy atom. The normalized spacial score (nSPS) is 13.6. The van der Waals surface area contributed by atoms with Crippen LogP contribution in [-0.2, 0) is 0 Å². The van der Waals surface area contributed by atoms with Crippen LogP contribution < -0.4 is 5.73 Å². The molecule has 16 heavy (non-hydrogen) atoms. The number of hydrogen-bond acceptors (Lipinski definition) is 4. The van der Waals surface area contributed by atoms with Crippen molar-refractivity contribution in [1.82, 2.24) is 9.97 Å². The Labute approximate surface area is 96.3 Å². The molecule has 2 N–H and O–H groups in total. The van der Waals surface area contributed by atoms with Gasteiger partial charge in [0.05, 0.1) is 5.69 Å².